The molecule has 2 heteroatoms. The van der Waals surface area contributed by atoms with E-state index in [0.717, 1.165) is 17.9 Å². The molecule has 0 saturated heterocycles. The molecular weight excluding hydrogens is 239 g/mol. The Morgan fingerprint density at radius 1 is 1.38 bits per heavy atom. The smallest absolute Gasteiger partial charge is 0.0455 e. The van der Waals surface area contributed by atoms with Crippen LogP contribution in [0.4, 0.5) is 0 Å². The van der Waals surface area contributed by atoms with Crippen molar-refractivity contribution in [3.8, 4) is 0 Å². The van der Waals surface area contributed by atoms with Crippen LogP contribution >= 0.6 is 23.2 Å². The van der Waals surface area contributed by atoms with Gasteiger partial charge in [-0.05, 0) is 36.5 Å². The van der Waals surface area contributed by atoms with Crippen LogP contribution in [0.25, 0.3) is 0 Å². The van der Waals surface area contributed by atoms with Gasteiger partial charge in [0.2, 0.25) is 0 Å². The van der Waals surface area contributed by atoms with Crippen molar-refractivity contribution in [2.75, 3.05) is 0 Å². The summed E-state index contributed by atoms with van der Waals surface area (Å²) >= 11 is 12.1. The molecule has 1 aromatic rings. The van der Waals surface area contributed by atoms with Gasteiger partial charge in [-0.25, -0.2) is 0 Å². The van der Waals surface area contributed by atoms with Crippen LogP contribution in [0.1, 0.15) is 44.1 Å². The third-order valence-electron chi connectivity index (χ3n) is 2.76. The second-order valence-electron chi connectivity index (χ2n) is 4.03. The summed E-state index contributed by atoms with van der Waals surface area (Å²) in [6.07, 6.45) is 6.52. The lowest BCUT2D eigenvalue weighted by molar-refractivity contribution is 0.590. The number of hydrogen-bond donors (Lipinski definition) is 0. The molecule has 0 aromatic heterocycles. The van der Waals surface area contributed by atoms with Gasteiger partial charge in [0, 0.05) is 10.0 Å². The molecule has 0 spiro atoms. The zero-order valence-electron chi connectivity index (χ0n) is 9.68. The maximum Gasteiger partial charge on any atom is 0.0455 e. The van der Waals surface area contributed by atoms with Crippen molar-refractivity contribution in [1.82, 2.24) is 0 Å². The molecule has 1 unspecified atom stereocenters. The van der Waals surface area contributed by atoms with Gasteiger partial charge in [-0.3, -0.25) is 0 Å². The third-order valence-corrected chi connectivity index (χ3v) is 3.32. The van der Waals surface area contributed by atoms with Gasteiger partial charge in [-0.2, -0.15) is 0 Å². The van der Waals surface area contributed by atoms with Gasteiger partial charge >= 0.3 is 0 Å². The average Bonchev–Trinajstić information content (AvgIpc) is 2.25. The first kappa shape index (κ1) is 13.6. The predicted molar refractivity (Wildman–Crippen MR) is 73.5 cm³/mol. The second kappa shape index (κ2) is 6.98. The van der Waals surface area contributed by atoms with E-state index < -0.39 is 0 Å². The highest BCUT2D eigenvalue weighted by Gasteiger charge is 2.13. The molecule has 0 radical (unpaired) electrons. The van der Waals surface area contributed by atoms with Crippen molar-refractivity contribution in [3.05, 3.63) is 46.5 Å². The quantitative estimate of drug-likeness (QED) is 0.561. The largest absolute Gasteiger partial charge is 0.103 e. The highest BCUT2D eigenvalue weighted by Crippen LogP contribution is 2.33. The van der Waals surface area contributed by atoms with E-state index in [4.69, 9.17) is 23.2 Å². The number of unbranched alkanes of at least 4 members (excludes halogenated alkanes) is 1. The molecule has 0 aliphatic heterocycles. The Labute approximate surface area is 108 Å². The van der Waals surface area contributed by atoms with Gasteiger partial charge in [0.15, 0.2) is 0 Å². The number of halogens is 2. The highest BCUT2D eigenvalue weighted by atomic mass is 35.5. The van der Waals surface area contributed by atoms with E-state index >= 15 is 0 Å². The van der Waals surface area contributed by atoms with Crippen molar-refractivity contribution in [3.63, 3.8) is 0 Å². The van der Waals surface area contributed by atoms with Crippen LogP contribution in [-0.2, 0) is 0 Å². The molecule has 0 bridgehead atoms. The Morgan fingerprint density at radius 3 is 2.69 bits per heavy atom. The summed E-state index contributed by atoms with van der Waals surface area (Å²) < 4.78 is 0. The van der Waals surface area contributed by atoms with Crippen LogP contribution in [0.5, 0.6) is 0 Å². The minimum Gasteiger partial charge on any atom is -0.103 e. The van der Waals surface area contributed by atoms with Crippen LogP contribution in [0, 0.1) is 0 Å². The van der Waals surface area contributed by atoms with E-state index in [1.807, 2.05) is 24.3 Å². The van der Waals surface area contributed by atoms with E-state index in [1.165, 1.54) is 18.4 Å². The van der Waals surface area contributed by atoms with Crippen molar-refractivity contribution >= 4 is 23.2 Å². The fourth-order valence-electron chi connectivity index (χ4n) is 1.88. The number of hydrogen-bond acceptors (Lipinski definition) is 0. The molecule has 0 nitrogen and oxygen atoms in total. The Kier molecular flexibility index (Phi) is 5.94. The third kappa shape index (κ3) is 3.84. The van der Waals surface area contributed by atoms with Crippen LogP contribution in [0.15, 0.2) is 30.9 Å². The molecular formula is C14H18Cl2. The van der Waals surface area contributed by atoms with Crippen LogP contribution in [0.3, 0.4) is 0 Å². The summed E-state index contributed by atoms with van der Waals surface area (Å²) in [6, 6.07) is 5.76. The zero-order valence-corrected chi connectivity index (χ0v) is 11.2. The summed E-state index contributed by atoms with van der Waals surface area (Å²) in [5.74, 6) is 0.474. The summed E-state index contributed by atoms with van der Waals surface area (Å²) in [5, 5.41) is 1.47. The maximum absolute atomic E-state index is 6.22. The van der Waals surface area contributed by atoms with E-state index in [2.05, 4.69) is 13.5 Å². The molecule has 0 fully saturated rings. The highest BCUT2D eigenvalue weighted by molar-refractivity contribution is 6.35. The van der Waals surface area contributed by atoms with Gasteiger partial charge in [-0.15, -0.1) is 6.58 Å². The molecule has 0 amide bonds. The first-order valence-electron chi connectivity index (χ1n) is 5.74. The Hall–Kier alpha value is -0.460. The molecule has 0 saturated carbocycles. The van der Waals surface area contributed by atoms with Gasteiger partial charge in [0.1, 0.15) is 0 Å². The topological polar surface area (TPSA) is 0 Å². The number of allylic oxidation sites excluding steroid dienone is 1. The molecule has 1 rings (SSSR count). The molecule has 0 N–H and O–H groups in total. The Morgan fingerprint density at radius 2 is 2.12 bits per heavy atom. The van der Waals surface area contributed by atoms with Crippen LogP contribution in [0.2, 0.25) is 10.0 Å². The standard InChI is InChI=1S/C14H18Cl2/c1-3-5-7-11(6-4-2)13-9-8-12(15)10-14(13)16/h4,8-11H,2-3,5-7H2,1H3. The lowest BCUT2D eigenvalue weighted by Gasteiger charge is -2.16. The summed E-state index contributed by atoms with van der Waals surface area (Å²) in [4.78, 5) is 0. The van der Waals surface area contributed by atoms with Crippen molar-refractivity contribution in [1.29, 1.82) is 0 Å². The average molecular weight is 257 g/mol. The Bertz CT molecular complexity index is 345. The zero-order chi connectivity index (χ0) is 12.0. The van der Waals surface area contributed by atoms with E-state index in [9.17, 15) is 0 Å². The molecule has 1 atom stereocenters. The van der Waals surface area contributed by atoms with Gasteiger partial charge in [-0.1, -0.05) is 55.1 Å². The monoisotopic (exact) mass is 256 g/mol. The van der Waals surface area contributed by atoms with Crippen molar-refractivity contribution < 1.29 is 0 Å². The molecule has 1 aromatic carbocycles. The normalized spacial score (nSPS) is 12.4. The van der Waals surface area contributed by atoms with E-state index in [1.54, 1.807) is 0 Å². The molecule has 88 valence electrons. The first-order chi connectivity index (χ1) is 7.69. The fourth-order valence-corrected chi connectivity index (χ4v) is 2.45. The first-order valence-corrected chi connectivity index (χ1v) is 6.50. The van der Waals surface area contributed by atoms with Gasteiger partial charge in [0.25, 0.3) is 0 Å². The maximum atomic E-state index is 6.22. The van der Waals surface area contributed by atoms with Gasteiger partial charge < -0.3 is 0 Å². The van der Waals surface area contributed by atoms with Crippen molar-refractivity contribution in [2.45, 2.75) is 38.5 Å². The summed E-state index contributed by atoms with van der Waals surface area (Å²) in [5.41, 5.74) is 1.19. The van der Waals surface area contributed by atoms with Crippen LogP contribution in [-0.4, -0.2) is 0 Å². The minimum atomic E-state index is 0.474. The molecule has 16 heavy (non-hydrogen) atoms. The lowest BCUT2D eigenvalue weighted by Crippen LogP contribution is -1.98. The van der Waals surface area contributed by atoms with Crippen LogP contribution < -0.4 is 0 Å². The molecule has 0 heterocycles. The number of rotatable bonds is 6. The van der Waals surface area contributed by atoms with E-state index in [-0.39, 0.29) is 0 Å². The minimum absolute atomic E-state index is 0.474. The van der Waals surface area contributed by atoms with Gasteiger partial charge in [0.05, 0.1) is 0 Å². The SMILES string of the molecule is C=CCC(CCCC)c1ccc(Cl)cc1Cl. The predicted octanol–water partition coefficient (Wildman–Crippen LogP) is 5.84. The van der Waals surface area contributed by atoms with Crippen molar-refractivity contribution in [2.24, 2.45) is 0 Å². The molecule has 0 aliphatic rings. The fraction of sp³-hybridized carbons (Fsp3) is 0.429. The number of benzene rings is 1. The summed E-state index contributed by atoms with van der Waals surface area (Å²) in [7, 11) is 0. The lowest BCUT2D eigenvalue weighted by atomic mass is 9.91. The Balaban J connectivity index is 2.86. The molecule has 0 aliphatic carbocycles. The van der Waals surface area contributed by atoms with E-state index in [0.29, 0.717) is 10.9 Å². The summed E-state index contributed by atoms with van der Waals surface area (Å²) in [6.45, 7) is 6.01. The second-order valence-corrected chi connectivity index (χ2v) is 4.87.